The first-order valence-corrected chi connectivity index (χ1v) is 12.4. The number of hydrogen-bond acceptors (Lipinski definition) is 5. The Labute approximate surface area is 188 Å². The molecule has 6 nitrogen and oxygen atoms in total. The lowest BCUT2D eigenvalue weighted by Crippen LogP contribution is -2.28. The molecule has 2 heterocycles. The number of carbonyl (C=O) groups excluding carboxylic acids is 3. The number of thiazole rings is 1. The highest BCUT2D eigenvalue weighted by molar-refractivity contribution is 7.98. The van der Waals surface area contributed by atoms with Gasteiger partial charge in [0.15, 0.2) is 4.80 Å². The predicted octanol–water partition coefficient (Wildman–Crippen LogP) is 4.02. The van der Waals surface area contributed by atoms with E-state index < -0.39 is 0 Å². The maximum Gasteiger partial charge on any atom is 0.279 e. The van der Waals surface area contributed by atoms with Crippen LogP contribution in [0.1, 0.15) is 35.7 Å². The first kappa shape index (κ1) is 21.5. The summed E-state index contributed by atoms with van der Waals surface area (Å²) >= 11 is 3.25. The van der Waals surface area contributed by atoms with E-state index in [4.69, 9.17) is 0 Å². The Balaban J connectivity index is 1.74. The number of fused-ring (bicyclic) bond motifs is 1. The molecule has 0 atom stereocenters. The number of benzene rings is 2. The quantitative estimate of drug-likeness (QED) is 0.529. The number of carbonyl (C=O) groups is 3. The van der Waals surface area contributed by atoms with Gasteiger partial charge in [0.25, 0.3) is 5.91 Å². The Kier molecular flexibility index (Phi) is 6.38. The van der Waals surface area contributed by atoms with E-state index in [1.165, 1.54) is 16.9 Å². The second kappa shape index (κ2) is 9.20. The highest BCUT2D eigenvalue weighted by Gasteiger charge is 2.30. The van der Waals surface area contributed by atoms with Crippen molar-refractivity contribution < 1.29 is 14.4 Å². The van der Waals surface area contributed by atoms with Gasteiger partial charge in [-0.15, -0.1) is 0 Å². The summed E-state index contributed by atoms with van der Waals surface area (Å²) in [6.07, 6.45) is 3.42. The van der Waals surface area contributed by atoms with Gasteiger partial charge in [0.05, 0.1) is 15.9 Å². The predicted molar refractivity (Wildman–Crippen MR) is 126 cm³/mol. The Morgan fingerprint density at radius 3 is 2.61 bits per heavy atom. The van der Waals surface area contributed by atoms with Crippen LogP contribution in [0, 0.1) is 0 Å². The van der Waals surface area contributed by atoms with E-state index in [0.29, 0.717) is 16.1 Å². The average molecular weight is 454 g/mol. The van der Waals surface area contributed by atoms with Crippen LogP contribution in [0.2, 0.25) is 0 Å². The summed E-state index contributed by atoms with van der Waals surface area (Å²) in [5, 5.41) is 0. The van der Waals surface area contributed by atoms with E-state index in [2.05, 4.69) is 40.9 Å². The van der Waals surface area contributed by atoms with Crippen LogP contribution in [0.25, 0.3) is 10.2 Å². The zero-order valence-corrected chi connectivity index (χ0v) is 19.1. The molecule has 1 aliphatic rings. The molecule has 2 aromatic carbocycles. The van der Waals surface area contributed by atoms with Gasteiger partial charge in [-0.2, -0.15) is 16.8 Å². The summed E-state index contributed by atoms with van der Waals surface area (Å²) in [7, 11) is 0. The van der Waals surface area contributed by atoms with E-state index in [-0.39, 0.29) is 30.6 Å². The molecule has 0 aliphatic carbocycles. The van der Waals surface area contributed by atoms with Crippen LogP contribution in [0.4, 0.5) is 5.69 Å². The largest absolute Gasteiger partial charge is 0.316 e. The zero-order valence-electron chi connectivity index (χ0n) is 17.5. The van der Waals surface area contributed by atoms with Crippen molar-refractivity contribution in [1.29, 1.82) is 0 Å². The Hall–Kier alpha value is -2.71. The lowest BCUT2D eigenvalue weighted by atomic mass is 10.2. The number of aromatic nitrogens is 1. The lowest BCUT2D eigenvalue weighted by Gasteiger charge is -2.14. The van der Waals surface area contributed by atoms with E-state index in [1.54, 1.807) is 36.0 Å². The number of anilines is 1. The summed E-state index contributed by atoms with van der Waals surface area (Å²) in [6.45, 7) is 2.88. The summed E-state index contributed by atoms with van der Waals surface area (Å²) in [5.74, 6) is 0.0497. The molecular formula is C23H23N3O3S2. The number of hydrogen-bond donors (Lipinski definition) is 0. The third-order valence-electron chi connectivity index (χ3n) is 5.27. The Bertz CT molecular complexity index is 1230. The molecule has 1 saturated heterocycles. The van der Waals surface area contributed by atoms with Gasteiger partial charge >= 0.3 is 0 Å². The van der Waals surface area contributed by atoms with Gasteiger partial charge in [-0.05, 0) is 48.6 Å². The molecule has 3 aromatic rings. The maximum absolute atomic E-state index is 13.0. The standard InChI is InChI=1S/C23H23N3O3S2/c1-3-15-7-8-18-19(13-15)31-23(25(18)11-12-30-2)24-22(29)16-5-4-6-17(14-16)26-20(27)9-10-21(26)28/h4-8,13-14H,3,9-12H2,1-2H3. The van der Waals surface area contributed by atoms with Gasteiger partial charge in [-0.3, -0.25) is 19.3 Å². The first-order valence-electron chi connectivity index (χ1n) is 10.2. The molecule has 1 fully saturated rings. The maximum atomic E-state index is 13.0. The van der Waals surface area contributed by atoms with E-state index >= 15 is 0 Å². The van der Waals surface area contributed by atoms with Crippen molar-refractivity contribution in [2.45, 2.75) is 32.7 Å². The molecule has 4 rings (SSSR count). The second-order valence-electron chi connectivity index (χ2n) is 7.27. The minimum atomic E-state index is -0.388. The highest BCUT2D eigenvalue weighted by atomic mass is 32.2. The number of nitrogens with zero attached hydrogens (tertiary/aromatic N) is 3. The molecule has 8 heteroatoms. The Morgan fingerprint density at radius 1 is 1.13 bits per heavy atom. The third-order valence-corrected chi connectivity index (χ3v) is 6.91. The molecule has 0 N–H and O–H groups in total. The normalized spacial score (nSPS) is 14.8. The molecule has 0 saturated carbocycles. The van der Waals surface area contributed by atoms with Gasteiger partial charge in [0, 0.05) is 30.7 Å². The van der Waals surface area contributed by atoms with E-state index in [1.807, 2.05) is 0 Å². The lowest BCUT2D eigenvalue weighted by molar-refractivity contribution is -0.121. The molecule has 0 bridgehead atoms. The van der Waals surface area contributed by atoms with Crippen LogP contribution < -0.4 is 9.70 Å². The number of imide groups is 1. The van der Waals surface area contributed by atoms with Gasteiger partial charge < -0.3 is 4.57 Å². The smallest absolute Gasteiger partial charge is 0.279 e. The van der Waals surface area contributed by atoms with Crippen molar-refractivity contribution in [1.82, 2.24) is 4.57 Å². The summed E-state index contributed by atoms with van der Waals surface area (Å²) in [4.78, 5) is 43.3. The van der Waals surface area contributed by atoms with E-state index in [0.717, 1.165) is 33.8 Å². The van der Waals surface area contributed by atoms with Gasteiger partial charge in [-0.1, -0.05) is 30.4 Å². The van der Waals surface area contributed by atoms with Crippen LogP contribution in [-0.2, 0) is 22.6 Å². The molecule has 1 aromatic heterocycles. The summed E-state index contributed by atoms with van der Waals surface area (Å²) in [6, 6.07) is 12.9. The van der Waals surface area contributed by atoms with Crippen molar-refractivity contribution in [3.8, 4) is 0 Å². The van der Waals surface area contributed by atoms with Crippen molar-refractivity contribution >= 4 is 56.7 Å². The van der Waals surface area contributed by atoms with Crippen LogP contribution in [0.15, 0.2) is 47.5 Å². The highest BCUT2D eigenvalue weighted by Crippen LogP contribution is 2.24. The molecule has 31 heavy (non-hydrogen) atoms. The fraction of sp³-hybridized carbons (Fsp3) is 0.304. The van der Waals surface area contributed by atoms with Crippen molar-refractivity contribution in [3.63, 3.8) is 0 Å². The fourth-order valence-corrected chi connectivity index (χ4v) is 5.10. The molecular weight excluding hydrogens is 430 g/mol. The van der Waals surface area contributed by atoms with Gasteiger partial charge in [-0.25, -0.2) is 0 Å². The monoisotopic (exact) mass is 453 g/mol. The topological polar surface area (TPSA) is 71.7 Å². The van der Waals surface area contributed by atoms with E-state index in [9.17, 15) is 14.4 Å². The summed E-state index contributed by atoms with van der Waals surface area (Å²) in [5.41, 5.74) is 3.10. The SMILES string of the molecule is CCc1ccc2c(c1)sc(=NC(=O)c1cccc(N3C(=O)CCC3=O)c1)n2CCSC. The minimum Gasteiger partial charge on any atom is -0.316 e. The first-order chi connectivity index (χ1) is 15.0. The molecule has 0 radical (unpaired) electrons. The Morgan fingerprint density at radius 2 is 1.90 bits per heavy atom. The third kappa shape index (κ3) is 4.36. The second-order valence-corrected chi connectivity index (χ2v) is 9.27. The van der Waals surface area contributed by atoms with Crippen LogP contribution >= 0.6 is 23.1 Å². The number of aryl methyl sites for hydroxylation is 2. The molecule has 0 unspecified atom stereocenters. The minimum absolute atomic E-state index is 0.207. The molecule has 1 aliphatic heterocycles. The average Bonchev–Trinajstić information content (AvgIpc) is 3.30. The van der Waals surface area contributed by atoms with Crippen molar-refractivity contribution in [2.75, 3.05) is 16.9 Å². The number of thioether (sulfide) groups is 1. The number of amides is 3. The fourth-order valence-electron chi connectivity index (χ4n) is 3.62. The van der Waals surface area contributed by atoms with Gasteiger partial charge in [0.2, 0.25) is 11.8 Å². The molecule has 3 amide bonds. The molecule has 160 valence electrons. The van der Waals surface area contributed by atoms with Crippen molar-refractivity contribution in [3.05, 3.63) is 58.4 Å². The van der Waals surface area contributed by atoms with Gasteiger partial charge in [0.1, 0.15) is 0 Å². The molecule has 0 spiro atoms. The van der Waals surface area contributed by atoms with Crippen LogP contribution in [0.5, 0.6) is 0 Å². The number of rotatable bonds is 6. The van der Waals surface area contributed by atoms with Crippen LogP contribution in [0.3, 0.4) is 0 Å². The summed E-state index contributed by atoms with van der Waals surface area (Å²) < 4.78 is 3.19. The van der Waals surface area contributed by atoms with Crippen molar-refractivity contribution in [2.24, 2.45) is 4.99 Å². The van der Waals surface area contributed by atoms with Crippen LogP contribution in [-0.4, -0.2) is 34.3 Å². The zero-order chi connectivity index (χ0) is 22.0.